The second kappa shape index (κ2) is 7.14. The Balaban J connectivity index is 2.77. The number of ether oxygens (including phenoxy) is 1. The average Bonchev–Trinajstić information content (AvgIpc) is 2.32. The van der Waals surface area contributed by atoms with Crippen LogP contribution in [0.4, 0.5) is 11.4 Å². The van der Waals surface area contributed by atoms with Crippen LogP contribution < -0.4 is 15.8 Å². The first-order chi connectivity index (χ1) is 8.56. The fraction of sp³-hybridized carbons (Fsp3) is 0.600. The number of benzene rings is 1. The lowest BCUT2D eigenvalue weighted by Gasteiger charge is -2.19. The summed E-state index contributed by atoms with van der Waals surface area (Å²) in [4.78, 5) is 0. The van der Waals surface area contributed by atoms with Gasteiger partial charge in [0.1, 0.15) is 5.75 Å². The van der Waals surface area contributed by atoms with Crippen molar-refractivity contribution in [1.82, 2.24) is 0 Å². The maximum atomic E-state index is 5.91. The zero-order valence-electron chi connectivity index (χ0n) is 12.0. The first kappa shape index (κ1) is 14.7. The van der Waals surface area contributed by atoms with E-state index in [1.807, 2.05) is 32.0 Å². The molecule has 0 radical (unpaired) electrons. The Morgan fingerprint density at radius 1 is 1.28 bits per heavy atom. The maximum absolute atomic E-state index is 5.91. The number of hydrogen-bond donors (Lipinski definition) is 2. The van der Waals surface area contributed by atoms with Crippen molar-refractivity contribution < 1.29 is 4.74 Å². The van der Waals surface area contributed by atoms with Crippen LogP contribution in [0, 0.1) is 0 Å². The Morgan fingerprint density at radius 3 is 2.56 bits per heavy atom. The van der Waals surface area contributed by atoms with Crippen LogP contribution in [0.2, 0.25) is 0 Å². The molecular weight excluding hydrogens is 224 g/mol. The minimum atomic E-state index is 0.139. The van der Waals surface area contributed by atoms with Gasteiger partial charge >= 0.3 is 0 Å². The van der Waals surface area contributed by atoms with Crippen LogP contribution in [0.1, 0.15) is 47.0 Å². The first-order valence-electron chi connectivity index (χ1n) is 6.89. The predicted molar refractivity (Wildman–Crippen MR) is 79.2 cm³/mol. The van der Waals surface area contributed by atoms with Crippen LogP contribution in [0.5, 0.6) is 5.75 Å². The van der Waals surface area contributed by atoms with Crippen molar-refractivity contribution in [2.75, 3.05) is 11.1 Å². The van der Waals surface area contributed by atoms with Crippen LogP contribution >= 0.6 is 0 Å². The van der Waals surface area contributed by atoms with Crippen molar-refractivity contribution in [2.45, 2.75) is 59.1 Å². The quantitative estimate of drug-likeness (QED) is 0.718. The molecule has 0 bridgehead atoms. The van der Waals surface area contributed by atoms with E-state index in [0.29, 0.717) is 11.7 Å². The lowest BCUT2D eigenvalue weighted by molar-refractivity contribution is 0.244. The fourth-order valence-corrected chi connectivity index (χ4v) is 1.94. The first-order valence-corrected chi connectivity index (χ1v) is 6.89. The second-order valence-electron chi connectivity index (χ2n) is 4.96. The highest BCUT2D eigenvalue weighted by atomic mass is 16.5. The Bertz CT molecular complexity index is 364. The standard InChI is InChI=1S/C15H26N2O/c1-5-7-12(6-2)17-13-8-9-14(16)15(10-13)18-11(3)4/h8-12,17H,5-7,16H2,1-4H3. The van der Waals surface area contributed by atoms with E-state index in [1.165, 1.54) is 12.8 Å². The summed E-state index contributed by atoms with van der Waals surface area (Å²) in [6.45, 7) is 8.42. The monoisotopic (exact) mass is 250 g/mol. The van der Waals surface area contributed by atoms with E-state index in [2.05, 4.69) is 19.2 Å². The van der Waals surface area contributed by atoms with Gasteiger partial charge in [-0.05, 0) is 38.8 Å². The van der Waals surface area contributed by atoms with Crippen molar-refractivity contribution >= 4 is 11.4 Å². The van der Waals surface area contributed by atoms with Crippen molar-refractivity contribution in [3.8, 4) is 5.75 Å². The van der Waals surface area contributed by atoms with Crippen molar-refractivity contribution in [2.24, 2.45) is 0 Å². The molecule has 1 aromatic carbocycles. The minimum Gasteiger partial charge on any atom is -0.489 e. The van der Waals surface area contributed by atoms with Crippen molar-refractivity contribution in [1.29, 1.82) is 0 Å². The molecule has 102 valence electrons. The van der Waals surface area contributed by atoms with E-state index < -0.39 is 0 Å². The minimum absolute atomic E-state index is 0.139. The van der Waals surface area contributed by atoms with E-state index in [0.717, 1.165) is 17.9 Å². The highest BCUT2D eigenvalue weighted by Crippen LogP contribution is 2.27. The molecular formula is C15H26N2O. The van der Waals surface area contributed by atoms with Crippen LogP contribution in [-0.2, 0) is 0 Å². The zero-order valence-corrected chi connectivity index (χ0v) is 12.0. The van der Waals surface area contributed by atoms with Gasteiger partial charge in [0, 0.05) is 17.8 Å². The van der Waals surface area contributed by atoms with E-state index in [-0.39, 0.29) is 6.10 Å². The molecule has 1 aromatic rings. The summed E-state index contributed by atoms with van der Waals surface area (Å²) in [6, 6.07) is 6.43. The molecule has 0 aliphatic heterocycles. The molecule has 0 heterocycles. The van der Waals surface area contributed by atoms with E-state index in [9.17, 15) is 0 Å². The Labute approximate surface area is 111 Å². The van der Waals surface area contributed by atoms with Gasteiger partial charge < -0.3 is 15.8 Å². The van der Waals surface area contributed by atoms with E-state index >= 15 is 0 Å². The summed E-state index contributed by atoms with van der Waals surface area (Å²) in [7, 11) is 0. The SMILES string of the molecule is CCCC(CC)Nc1ccc(N)c(OC(C)C)c1. The molecule has 0 amide bonds. The van der Waals surface area contributed by atoms with Gasteiger partial charge in [-0.2, -0.15) is 0 Å². The third-order valence-electron chi connectivity index (χ3n) is 2.88. The van der Waals surface area contributed by atoms with Gasteiger partial charge in [-0.15, -0.1) is 0 Å². The molecule has 3 heteroatoms. The van der Waals surface area contributed by atoms with E-state index in [4.69, 9.17) is 10.5 Å². The molecule has 1 atom stereocenters. The Kier molecular flexibility index (Phi) is 5.83. The molecule has 3 nitrogen and oxygen atoms in total. The topological polar surface area (TPSA) is 47.3 Å². The van der Waals surface area contributed by atoms with Gasteiger partial charge in [0.05, 0.1) is 11.8 Å². The molecule has 0 aliphatic carbocycles. The van der Waals surface area contributed by atoms with Crippen LogP contribution in [0.15, 0.2) is 18.2 Å². The molecule has 0 spiro atoms. The lowest BCUT2D eigenvalue weighted by Crippen LogP contribution is -2.18. The average molecular weight is 250 g/mol. The number of hydrogen-bond acceptors (Lipinski definition) is 3. The molecule has 0 fully saturated rings. The van der Waals surface area contributed by atoms with Crippen LogP contribution in [-0.4, -0.2) is 12.1 Å². The van der Waals surface area contributed by atoms with Crippen molar-refractivity contribution in [3.05, 3.63) is 18.2 Å². The van der Waals surface area contributed by atoms with Gasteiger partial charge in [-0.1, -0.05) is 20.3 Å². The summed E-state index contributed by atoms with van der Waals surface area (Å²) in [6.07, 6.45) is 3.63. The summed E-state index contributed by atoms with van der Waals surface area (Å²) in [5, 5.41) is 3.53. The summed E-state index contributed by atoms with van der Waals surface area (Å²) in [5.74, 6) is 0.765. The highest BCUT2D eigenvalue weighted by Gasteiger charge is 2.08. The number of rotatable bonds is 7. The van der Waals surface area contributed by atoms with Gasteiger partial charge in [-0.3, -0.25) is 0 Å². The molecule has 1 rings (SSSR count). The van der Waals surface area contributed by atoms with Gasteiger partial charge in [0.15, 0.2) is 0 Å². The summed E-state index contributed by atoms with van der Waals surface area (Å²) in [5.41, 5.74) is 7.68. The highest BCUT2D eigenvalue weighted by molar-refractivity contribution is 5.61. The number of nitrogen functional groups attached to an aromatic ring is 1. The van der Waals surface area contributed by atoms with E-state index in [1.54, 1.807) is 0 Å². The lowest BCUT2D eigenvalue weighted by atomic mass is 10.1. The zero-order chi connectivity index (χ0) is 13.5. The number of anilines is 2. The summed E-state index contributed by atoms with van der Waals surface area (Å²) < 4.78 is 5.70. The van der Waals surface area contributed by atoms with Crippen LogP contribution in [0.3, 0.4) is 0 Å². The van der Waals surface area contributed by atoms with Crippen LogP contribution in [0.25, 0.3) is 0 Å². The fourth-order valence-electron chi connectivity index (χ4n) is 1.94. The maximum Gasteiger partial charge on any atom is 0.144 e. The molecule has 0 saturated heterocycles. The van der Waals surface area contributed by atoms with Gasteiger partial charge in [-0.25, -0.2) is 0 Å². The van der Waals surface area contributed by atoms with Gasteiger partial charge in [0.25, 0.3) is 0 Å². The third-order valence-corrected chi connectivity index (χ3v) is 2.88. The Morgan fingerprint density at radius 2 is 2.00 bits per heavy atom. The second-order valence-corrected chi connectivity index (χ2v) is 4.96. The molecule has 1 unspecified atom stereocenters. The largest absolute Gasteiger partial charge is 0.489 e. The molecule has 3 N–H and O–H groups in total. The number of nitrogens with two attached hydrogens (primary N) is 1. The predicted octanol–water partition coefficient (Wildman–Crippen LogP) is 4.05. The van der Waals surface area contributed by atoms with Gasteiger partial charge in [0.2, 0.25) is 0 Å². The molecule has 0 aliphatic rings. The normalized spacial score (nSPS) is 12.5. The smallest absolute Gasteiger partial charge is 0.144 e. The summed E-state index contributed by atoms with van der Waals surface area (Å²) >= 11 is 0. The molecule has 18 heavy (non-hydrogen) atoms. The third kappa shape index (κ3) is 4.47. The number of nitrogens with one attached hydrogen (secondary N) is 1. The van der Waals surface area contributed by atoms with Crippen molar-refractivity contribution in [3.63, 3.8) is 0 Å². The molecule has 0 saturated carbocycles. The Hall–Kier alpha value is -1.38. The molecule has 0 aromatic heterocycles.